The van der Waals surface area contributed by atoms with E-state index in [1.807, 2.05) is 12.2 Å². The largest absolute Gasteiger partial charge is 0.444 e. The molecule has 1 saturated heterocycles. The fourth-order valence-electron chi connectivity index (χ4n) is 7.02. The molecular weight excluding hydrogens is 685 g/mol. The summed E-state index contributed by atoms with van der Waals surface area (Å²) < 4.78 is 53.3. The van der Waals surface area contributed by atoms with E-state index in [4.69, 9.17) is 9.47 Å². The zero-order valence-electron chi connectivity index (χ0n) is 29.1. The van der Waals surface area contributed by atoms with Crippen molar-refractivity contribution in [3.63, 3.8) is 0 Å². The lowest BCUT2D eigenvalue weighted by Gasteiger charge is -2.30. The molecule has 16 heteroatoms. The Morgan fingerprint density at radius 3 is 2.53 bits per heavy atom. The van der Waals surface area contributed by atoms with Gasteiger partial charge < -0.3 is 25.0 Å². The van der Waals surface area contributed by atoms with Gasteiger partial charge in [0.15, 0.2) is 0 Å². The van der Waals surface area contributed by atoms with E-state index in [9.17, 15) is 36.8 Å². The third-order valence-electron chi connectivity index (χ3n) is 9.99. The number of nitrogens with zero attached hydrogens (tertiary/aromatic N) is 2. The van der Waals surface area contributed by atoms with Crippen molar-refractivity contribution in [2.45, 2.75) is 126 Å². The summed E-state index contributed by atoms with van der Waals surface area (Å²) in [5.74, 6) is -3.06. The van der Waals surface area contributed by atoms with Gasteiger partial charge in [0.2, 0.25) is 21.8 Å². The van der Waals surface area contributed by atoms with Gasteiger partial charge >= 0.3 is 12.2 Å². The summed E-state index contributed by atoms with van der Waals surface area (Å²) in [6.45, 7) is 5.01. The Morgan fingerprint density at radius 1 is 1.06 bits per heavy atom. The van der Waals surface area contributed by atoms with Gasteiger partial charge in [-0.1, -0.05) is 37.1 Å². The number of benzene rings is 1. The van der Waals surface area contributed by atoms with Crippen LogP contribution < -0.4 is 15.4 Å². The van der Waals surface area contributed by atoms with Crippen LogP contribution in [0.4, 0.5) is 14.0 Å². The minimum atomic E-state index is -3.92. The van der Waals surface area contributed by atoms with Crippen molar-refractivity contribution in [3.05, 3.63) is 47.3 Å². The molecule has 0 spiro atoms. The average molecular weight is 732 g/mol. The number of rotatable bonds is 5. The van der Waals surface area contributed by atoms with Crippen LogP contribution in [0, 0.1) is 11.7 Å². The van der Waals surface area contributed by atoms with Gasteiger partial charge in [0, 0.05) is 24.4 Å². The molecule has 5 amide bonds. The van der Waals surface area contributed by atoms with Crippen molar-refractivity contribution in [3.8, 4) is 0 Å². The summed E-state index contributed by atoms with van der Waals surface area (Å²) in [5.41, 5.74) is -1.36. The average Bonchev–Trinajstić information content (AvgIpc) is 3.93. The maximum absolute atomic E-state index is 14.4. The fraction of sp³-hybridized carbons (Fsp3) is 0.629. The molecule has 14 nitrogen and oxygen atoms in total. The monoisotopic (exact) mass is 731 g/mol. The summed E-state index contributed by atoms with van der Waals surface area (Å²) in [4.78, 5) is 70.8. The van der Waals surface area contributed by atoms with E-state index in [1.165, 1.54) is 15.9 Å². The first-order chi connectivity index (χ1) is 24.1. The number of carbonyl (C=O) groups excluding carboxylic acids is 5. The van der Waals surface area contributed by atoms with Crippen LogP contribution in [0.2, 0.25) is 0 Å². The number of nitrogens with one attached hydrogen (secondary N) is 3. The van der Waals surface area contributed by atoms with E-state index >= 15 is 0 Å². The summed E-state index contributed by atoms with van der Waals surface area (Å²) in [6.07, 6.45) is 5.10. The zero-order valence-corrected chi connectivity index (χ0v) is 29.9. The van der Waals surface area contributed by atoms with E-state index in [1.54, 1.807) is 32.9 Å². The quantitative estimate of drug-likeness (QED) is 0.384. The van der Waals surface area contributed by atoms with Crippen LogP contribution in [0.25, 0.3) is 0 Å². The second-order valence-electron chi connectivity index (χ2n) is 15.2. The molecule has 0 bridgehead atoms. The number of ether oxygens (including phenoxy) is 2. The first-order valence-electron chi connectivity index (χ1n) is 17.6. The van der Waals surface area contributed by atoms with E-state index < -0.39 is 86.2 Å². The minimum absolute atomic E-state index is 0.00168. The van der Waals surface area contributed by atoms with Crippen molar-refractivity contribution in [2.24, 2.45) is 5.92 Å². The SMILES string of the molecule is CC(C)(C)OC(=O)N[C@H]1CCCCCC=C[C@H]2C[C@@]2(C(=O)NS(=O)(=O)C2CC2)NC(=O)[C@@H]2C[C@@H](OC(=O)N3Cc4cccc(F)c4C3)CN2C1=O. The molecule has 3 fully saturated rings. The second-order valence-corrected chi connectivity index (χ2v) is 17.2. The molecule has 0 radical (unpaired) electrons. The highest BCUT2D eigenvalue weighted by Crippen LogP contribution is 2.46. The van der Waals surface area contributed by atoms with Gasteiger partial charge in [0.1, 0.15) is 35.1 Å². The number of hydrogen-bond acceptors (Lipinski definition) is 9. The van der Waals surface area contributed by atoms with E-state index in [-0.39, 0.29) is 38.9 Å². The molecule has 6 rings (SSSR count). The normalized spacial score (nSPS) is 28.3. The highest BCUT2D eigenvalue weighted by Gasteiger charge is 2.62. The Balaban J connectivity index is 1.25. The first kappa shape index (κ1) is 36.6. The van der Waals surface area contributed by atoms with Crippen molar-refractivity contribution in [1.82, 2.24) is 25.2 Å². The van der Waals surface area contributed by atoms with Gasteiger partial charge in [-0.05, 0) is 70.9 Å². The molecule has 1 aromatic carbocycles. The predicted octanol–water partition coefficient (Wildman–Crippen LogP) is 3.14. The molecular formula is C35H46FN5O9S. The van der Waals surface area contributed by atoms with Crippen LogP contribution in [0.3, 0.4) is 0 Å². The third kappa shape index (κ3) is 8.31. The van der Waals surface area contributed by atoms with Gasteiger partial charge in [-0.3, -0.25) is 24.0 Å². The predicted molar refractivity (Wildman–Crippen MR) is 180 cm³/mol. The molecule has 3 N–H and O–H groups in total. The number of carbonyl (C=O) groups is 5. The molecule has 278 valence electrons. The van der Waals surface area contributed by atoms with Gasteiger partial charge in [-0.15, -0.1) is 0 Å². The summed E-state index contributed by atoms with van der Waals surface area (Å²) in [7, 11) is -3.92. The Labute approximate surface area is 296 Å². The van der Waals surface area contributed by atoms with Gasteiger partial charge in [-0.2, -0.15) is 0 Å². The number of hydrogen-bond donors (Lipinski definition) is 3. The standard InChI is InChI=1S/C35H46FN5O9S/c1-34(2,3)50-32(45)37-27-13-8-6-4-5-7-11-22-17-35(22,31(44)39-51(47,48)24-14-15-24)38-29(42)28-16-23(19-41(28)30(27)43)49-33(46)40-18-21-10-9-12-26(36)25(21)20-40/h7,9-12,22-24,27-28H,4-6,8,13-20H2,1-3H3,(H,37,45)(H,38,42)(H,39,44)/t22-,23+,27-,28-,35+/m0/s1. The number of halogens is 1. The highest BCUT2D eigenvalue weighted by molar-refractivity contribution is 7.91. The summed E-state index contributed by atoms with van der Waals surface area (Å²) in [6, 6.07) is 2.30. The maximum Gasteiger partial charge on any atom is 0.410 e. The molecule has 2 saturated carbocycles. The van der Waals surface area contributed by atoms with Gasteiger partial charge in [0.25, 0.3) is 5.91 Å². The van der Waals surface area contributed by atoms with Crippen LogP contribution in [0.5, 0.6) is 0 Å². The van der Waals surface area contributed by atoms with Crippen LogP contribution in [0.1, 0.15) is 89.7 Å². The van der Waals surface area contributed by atoms with Gasteiger partial charge in [0.05, 0.1) is 18.3 Å². The molecule has 51 heavy (non-hydrogen) atoms. The molecule has 0 unspecified atom stereocenters. The van der Waals surface area contributed by atoms with Crippen LogP contribution in [-0.2, 0) is 47.0 Å². The van der Waals surface area contributed by atoms with E-state index in [2.05, 4.69) is 15.4 Å². The molecule has 5 aliphatic rings. The lowest BCUT2D eigenvalue weighted by atomic mass is 10.0. The Bertz CT molecular complexity index is 1730. The topological polar surface area (TPSA) is 181 Å². The van der Waals surface area contributed by atoms with E-state index in [0.717, 1.165) is 12.8 Å². The number of alkyl carbamates (subject to hydrolysis) is 1. The van der Waals surface area contributed by atoms with Crippen molar-refractivity contribution in [2.75, 3.05) is 6.54 Å². The Kier molecular flexibility index (Phi) is 10.1. The van der Waals surface area contributed by atoms with E-state index in [0.29, 0.717) is 36.8 Å². The molecule has 3 heterocycles. The summed E-state index contributed by atoms with van der Waals surface area (Å²) in [5, 5.41) is 4.79. The zero-order chi connectivity index (χ0) is 36.7. The van der Waals surface area contributed by atoms with Crippen molar-refractivity contribution < 1.29 is 46.3 Å². The Hall–Kier alpha value is -4.21. The number of fused-ring (bicyclic) bond motifs is 3. The third-order valence-corrected chi connectivity index (χ3v) is 11.8. The van der Waals surface area contributed by atoms with Crippen LogP contribution in [-0.4, -0.2) is 89.2 Å². The lowest BCUT2D eigenvalue weighted by Crippen LogP contribution is -2.58. The smallest absolute Gasteiger partial charge is 0.410 e. The van der Waals surface area contributed by atoms with Crippen LogP contribution in [0.15, 0.2) is 30.4 Å². The number of amides is 5. The highest BCUT2D eigenvalue weighted by atomic mass is 32.2. The molecule has 1 aromatic rings. The molecule has 2 aliphatic carbocycles. The molecule has 0 aromatic heterocycles. The summed E-state index contributed by atoms with van der Waals surface area (Å²) >= 11 is 0. The minimum Gasteiger partial charge on any atom is -0.444 e. The first-order valence-corrected chi connectivity index (χ1v) is 19.2. The number of allylic oxidation sites excluding steroid dienone is 1. The maximum atomic E-state index is 14.4. The fourth-order valence-corrected chi connectivity index (χ4v) is 8.39. The molecule has 3 aliphatic heterocycles. The second kappa shape index (κ2) is 14.1. The molecule has 5 atom stereocenters. The van der Waals surface area contributed by atoms with Crippen molar-refractivity contribution in [1.29, 1.82) is 0 Å². The van der Waals surface area contributed by atoms with Gasteiger partial charge in [-0.25, -0.2) is 22.4 Å². The lowest BCUT2D eigenvalue weighted by molar-refractivity contribution is -0.141. The Morgan fingerprint density at radius 2 is 1.82 bits per heavy atom. The number of sulfonamides is 1. The van der Waals surface area contributed by atoms with Crippen LogP contribution >= 0.6 is 0 Å². The van der Waals surface area contributed by atoms with Crippen molar-refractivity contribution >= 4 is 39.9 Å².